The number of amides is 1. The standard InChI is InChI=1S/C27H24N4O5S2/c1-33-19-7-3-4-8-20(19)35-12-6-13-36-21-11-10-17(16-22(21)34-2)15-18-24(28)31-27(29-25(18)32)38-26(30-31)23-9-5-14-37-23/h3-5,7-11,14-16,28H,6,12-13H2,1-2H3. The van der Waals surface area contributed by atoms with Crippen molar-refractivity contribution < 1.29 is 23.7 Å². The van der Waals surface area contributed by atoms with Crippen LogP contribution < -0.4 is 18.9 Å². The van der Waals surface area contributed by atoms with E-state index in [1.807, 2.05) is 41.8 Å². The predicted octanol–water partition coefficient (Wildman–Crippen LogP) is 5.28. The van der Waals surface area contributed by atoms with Gasteiger partial charge in [0.05, 0.1) is 37.9 Å². The summed E-state index contributed by atoms with van der Waals surface area (Å²) in [6.45, 7) is 0.884. The minimum Gasteiger partial charge on any atom is -0.493 e. The normalized spacial score (nSPS) is 15.7. The summed E-state index contributed by atoms with van der Waals surface area (Å²) in [5, 5.41) is 17.5. The van der Waals surface area contributed by atoms with Gasteiger partial charge in [-0.1, -0.05) is 24.3 Å². The summed E-state index contributed by atoms with van der Waals surface area (Å²) < 4.78 is 22.5. The molecular formula is C27H24N4O5S2. The topological polar surface area (TPSA) is 106 Å². The van der Waals surface area contributed by atoms with Gasteiger partial charge in [-0.3, -0.25) is 10.2 Å². The molecule has 2 aromatic carbocycles. The first kappa shape index (κ1) is 25.6. The van der Waals surface area contributed by atoms with Gasteiger partial charge in [0.25, 0.3) is 5.91 Å². The van der Waals surface area contributed by atoms with Crippen LogP contribution in [0.15, 0.2) is 75.6 Å². The van der Waals surface area contributed by atoms with Crippen LogP contribution in [0, 0.1) is 5.41 Å². The lowest BCUT2D eigenvalue weighted by molar-refractivity contribution is -0.114. The van der Waals surface area contributed by atoms with Crippen molar-refractivity contribution in [2.24, 2.45) is 10.1 Å². The maximum Gasteiger partial charge on any atom is 0.283 e. The van der Waals surface area contributed by atoms with Gasteiger partial charge < -0.3 is 18.9 Å². The Kier molecular flexibility index (Phi) is 7.75. The number of hydrogen-bond acceptors (Lipinski definition) is 9. The zero-order valence-corrected chi connectivity index (χ0v) is 22.3. The number of carbonyl (C=O) groups is 1. The summed E-state index contributed by atoms with van der Waals surface area (Å²) in [6.07, 6.45) is 2.27. The molecule has 194 valence electrons. The molecule has 3 aromatic rings. The molecule has 38 heavy (non-hydrogen) atoms. The lowest BCUT2D eigenvalue weighted by Gasteiger charge is -2.20. The molecule has 0 bridgehead atoms. The first-order valence-corrected chi connectivity index (χ1v) is 13.4. The van der Waals surface area contributed by atoms with Gasteiger partial charge in [0, 0.05) is 6.42 Å². The highest BCUT2D eigenvalue weighted by Gasteiger charge is 2.36. The van der Waals surface area contributed by atoms with Crippen LogP contribution in [0.1, 0.15) is 16.9 Å². The molecule has 1 N–H and O–H groups in total. The molecule has 2 aliphatic rings. The molecule has 0 aliphatic carbocycles. The summed E-state index contributed by atoms with van der Waals surface area (Å²) in [5.41, 5.74) is 0.824. The highest BCUT2D eigenvalue weighted by atomic mass is 32.2. The van der Waals surface area contributed by atoms with E-state index < -0.39 is 5.91 Å². The quantitative estimate of drug-likeness (QED) is 0.271. The largest absolute Gasteiger partial charge is 0.493 e. The van der Waals surface area contributed by atoms with Crippen LogP contribution in [0.25, 0.3) is 6.08 Å². The number of rotatable bonds is 10. The number of aliphatic imine (C=N–C) groups is 1. The number of nitrogens with zero attached hydrogens (tertiary/aromatic N) is 3. The van der Waals surface area contributed by atoms with Crippen molar-refractivity contribution in [3.05, 3.63) is 76.0 Å². The van der Waals surface area contributed by atoms with E-state index in [0.29, 0.717) is 58.4 Å². The molecule has 0 fully saturated rings. The second-order valence-corrected chi connectivity index (χ2v) is 9.92. The molecule has 2 aliphatic heterocycles. The fourth-order valence-corrected chi connectivity index (χ4v) is 5.40. The van der Waals surface area contributed by atoms with Gasteiger partial charge >= 0.3 is 0 Å². The van der Waals surface area contributed by atoms with Gasteiger partial charge in [-0.15, -0.1) is 11.3 Å². The number of thioether (sulfide) groups is 1. The SMILES string of the molecule is COc1ccccc1OCCCOc1ccc(C=C2C(=N)N3N=C(c4cccs4)SC3=NC2=O)cc1OC. The van der Waals surface area contributed by atoms with Crippen LogP contribution in [0.5, 0.6) is 23.0 Å². The Hall–Kier alpha value is -4.09. The number of ether oxygens (including phenoxy) is 4. The second kappa shape index (κ2) is 11.5. The van der Waals surface area contributed by atoms with E-state index in [4.69, 9.17) is 24.4 Å². The van der Waals surface area contributed by atoms with Gasteiger partial charge in [-0.05, 0) is 59.1 Å². The van der Waals surface area contributed by atoms with Crippen LogP contribution in [0.3, 0.4) is 0 Å². The van der Waals surface area contributed by atoms with Crippen molar-refractivity contribution in [1.82, 2.24) is 5.01 Å². The molecular weight excluding hydrogens is 524 g/mol. The fraction of sp³-hybridized carbons (Fsp3) is 0.185. The molecule has 0 unspecified atom stereocenters. The number of hydrogen-bond donors (Lipinski definition) is 1. The summed E-state index contributed by atoms with van der Waals surface area (Å²) in [6, 6.07) is 16.7. The minimum absolute atomic E-state index is 0.0200. The van der Waals surface area contributed by atoms with Crippen LogP contribution in [-0.4, -0.2) is 54.4 Å². The van der Waals surface area contributed by atoms with E-state index in [-0.39, 0.29) is 11.4 Å². The number of benzene rings is 2. The van der Waals surface area contributed by atoms with E-state index in [0.717, 1.165) is 4.88 Å². The summed E-state index contributed by atoms with van der Waals surface area (Å²) >= 11 is 2.83. The van der Waals surface area contributed by atoms with E-state index in [1.54, 1.807) is 49.8 Å². The predicted molar refractivity (Wildman–Crippen MR) is 150 cm³/mol. The number of fused-ring (bicyclic) bond motifs is 1. The smallest absolute Gasteiger partial charge is 0.283 e. The number of carbonyl (C=O) groups excluding carboxylic acids is 1. The minimum atomic E-state index is -0.481. The number of para-hydroxylation sites is 2. The molecule has 0 atom stereocenters. The van der Waals surface area contributed by atoms with Gasteiger partial charge in [-0.2, -0.15) is 15.1 Å². The van der Waals surface area contributed by atoms with Crippen molar-refractivity contribution in [2.75, 3.05) is 27.4 Å². The molecule has 11 heteroatoms. The van der Waals surface area contributed by atoms with Gasteiger partial charge in [-0.25, -0.2) is 0 Å². The Balaban J connectivity index is 1.23. The van der Waals surface area contributed by atoms with Gasteiger partial charge in [0.2, 0.25) is 5.17 Å². The molecule has 1 aromatic heterocycles. The van der Waals surface area contributed by atoms with Crippen molar-refractivity contribution in [3.63, 3.8) is 0 Å². The third-order valence-electron chi connectivity index (χ3n) is 5.56. The van der Waals surface area contributed by atoms with Crippen molar-refractivity contribution in [1.29, 1.82) is 5.41 Å². The molecule has 1 amide bonds. The third kappa shape index (κ3) is 5.43. The number of hydrazone groups is 1. The lowest BCUT2D eigenvalue weighted by Crippen LogP contribution is -2.35. The zero-order chi connectivity index (χ0) is 26.5. The van der Waals surface area contributed by atoms with Crippen LogP contribution >= 0.6 is 23.1 Å². The second-order valence-electron chi connectivity index (χ2n) is 8.01. The van der Waals surface area contributed by atoms with Crippen LogP contribution in [0.4, 0.5) is 0 Å². The van der Waals surface area contributed by atoms with Crippen LogP contribution in [0.2, 0.25) is 0 Å². The average molecular weight is 549 g/mol. The fourth-order valence-electron chi connectivity index (χ4n) is 3.71. The van der Waals surface area contributed by atoms with Gasteiger partial charge in [0.1, 0.15) is 5.04 Å². The first-order chi connectivity index (χ1) is 18.6. The number of nitrogens with one attached hydrogen (secondary N) is 1. The highest BCUT2D eigenvalue weighted by Crippen LogP contribution is 2.34. The maximum absolute atomic E-state index is 12.8. The van der Waals surface area contributed by atoms with Crippen molar-refractivity contribution in [3.8, 4) is 23.0 Å². The van der Waals surface area contributed by atoms with Crippen molar-refractivity contribution in [2.45, 2.75) is 6.42 Å². The van der Waals surface area contributed by atoms with Crippen molar-refractivity contribution >= 4 is 51.1 Å². The molecule has 9 nitrogen and oxygen atoms in total. The highest BCUT2D eigenvalue weighted by molar-refractivity contribution is 8.27. The average Bonchev–Trinajstić information content (AvgIpc) is 3.62. The number of thiophene rings is 1. The molecule has 0 spiro atoms. The summed E-state index contributed by atoms with van der Waals surface area (Å²) in [4.78, 5) is 17.9. The number of methoxy groups -OCH3 is 2. The first-order valence-electron chi connectivity index (χ1n) is 11.7. The van der Waals surface area contributed by atoms with E-state index in [9.17, 15) is 4.79 Å². The molecule has 0 saturated carbocycles. The Labute approximate surface area is 227 Å². The molecule has 0 saturated heterocycles. The lowest BCUT2D eigenvalue weighted by atomic mass is 10.1. The molecule has 3 heterocycles. The molecule has 5 rings (SSSR count). The Morgan fingerprint density at radius 1 is 0.947 bits per heavy atom. The maximum atomic E-state index is 12.8. The number of amidine groups is 2. The summed E-state index contributed by atoms with van der Waals surface area (Å²) in [7, 11) is 3.16. The van der Waals surface area contributed by atoms with Crippen LogP contribution in [-0.2, 0) is 4.79 Å². The Morgan fingerprint density at radius 3 is 2.39 bits per heavy atom. The summed E-state index contributed by atoms with van der Waals surface area (Å²) in [5.74, 6) is 1.95. The Bertz CT molecular complexity index is 1450. The third-order valence-corrected chi connectivity index (χ3v) is 7.51. The van der Waals surface area contributed by atoms with E-state index in [1.165, 1.54) is 16.8 Å². The molecule has 0 radical (unpaired) electrons. The van der Waals surface area contributed by atoms with Gasteiger partial charge in [0.15, 0.2) is 28.8 Å². The van der Waals surface area contributed by atoms with E-state index in [2.05, 4.69) is 10.1 Å². The zero-order valence-electron chi connectivity index (χ0n) is 20.7. The Morgan fingerprint density at radius 2 is 1.68 bits per heavy atom. The van der Waals surface area contributed by atoms with E-state index >= 15 is 0 Å². The monoisotopic (exact) mass is 548 g/mol.